The maximum absolute atomic E-state index is 10.8. The lowest BCUT2D eigenvalue weighted by atomic mass is 10.3. The summed E-state index contributed by atoms with van der Waals surface area (Å²) in [7, 11) is 0. The smallest absolute Gasteiger partial charge is 0.354 e. The highest BCUT2D eigenvalue weighted by Crippen LogP contribution is 2.12. The third-order valence-electron chi connectivity index (χ3n) is 1.64. The maximum atomic E-state index is 10.8. The van der Waals surface area contributed by atoms with Crippen LogP contribution in [0.5, 0.6) is 0 Å². The van der Waals surface area contributed by atoms with E-state index in [9.17, 15) is 4.79 Å². The van der Waals surface area contributed by atoms with Gasteiger partial charge in [0, 0.05) is 11.1 Å². The Hall–Kier alpha value is -1.00. The molecule has 0 aliphatic heterocycles. The Balaban J connectivity index is 3.04. The molecule has 1 aromatic heterocycles. The number of hydrogen-bond acceptors (Lipinski definition) is 2. The Morgan fingerprint density at radius 2 is 2.43 bits per heavy atom. The minimum atomic E-state index is -1.03. The van der Waals surface area contributed by atoms with Gasteiger partial charge in [-0.15, -0.1) is 0 Å². The maximum Gasteiger partial charge on any atom is 0.354 e. The molecule has 0 saturated carbocycles. The molecule has 76 valence electrons. The van der Waals surface area contributed by atoms with Crippen molar-refractivity contribution >= 4 is 29.2 Å². The summed E-state index contributed by atoms with van der Waals surface area (Å²) in [4.78, 5) is 10.8. The van der Waals surface area contributed by atoms with Crippen molar-refractivity contribution in [3.8, 4) is 0 Å². The lowest BCUT2D eigenvalue weighted by Gasteiger charge is -2.02. The largest absolute Gasteiger partial charge is 0.477 e. The van der Waals surface area contributed by atoms with Gasteiger partial charge in [0.2, 0.25) is 0 Å². The van der Waals surface area contributed by atoms with Crippen molar-refractivity contribution in [1.29, 1.82) is 0 Å². The third-order valence-corrected chi connectivity index (χ3v) is 2.25. The van der Waals surface area contributed by atoms with Gasteiger partial charge in [0.15, 0.2) is 0 Å². The lowest BCUT2D eigenvalue weighted by molar-refractivity contribution is 0.0683. The Bertz CT molecular complexity index is 385. The van der Waals surface area contributed by atoms with Crippen LogP contribution >= 0.6 is 23.2 Å². The van der Waals surface area contributed by atoms with E-state index in [0.717, 1.165) is 0 Å². The Labute approximate surface area is 90.7 Å². The molecule has 0 fully saturated rings. The molecule has 0 bridgehead atoms. The van der Waals surface area contributed by atoms with Crippen molar-refractivity contribution in [1.82, 2.24) is 9.78 Å². The highest BCUT2D eigenvalue weighted by atomic mass is 35.5. The molecule has 0 aliphatic rings. The van der Waals surface area contributed by atoms with Crippen LogP contribution in [-0.2, 0) is 6.54 Å². The molecule has 0 aliphatic carbocycles. The Kier molecular flexibility index (Phi) is 3.55. The summed E-state index contributed by atoms with van der Waals surface area (Å²) in [6, 6.07) is 0. The molecule has 0 amide bonds. The number of carbonyl (C=O) groups is 1. The monoisotopic (exact) mass is 234 g/mol. The van der Waals surface area contributed by atoms with Crippen LogP contribution in [0.1, 0.15) is 16.1 Å². The molecule has 0 aromatic carbocycles. The van der Waals surface area contributed by atoms with Crippen LogP contribution in [0, 0.1) is 6.92 Å². The first kappa shape index (κ1) is 11.1. The van der Waals surface area contributed by atoms with E-state index >= 15 is 0 Å². The van der Waals surface area contributed by atoms with Gasteiger partial charge in [-0.2, -0.15) is 5.10 Å². The molecular formula is C8H8Cl2N2O2. The Morgan fingerprint density at radius 1 is 1.79 bits per heavy atom. The van der Waals surface area contributed by atoms with E-state index in [1.54, 1.807) is 6.92 Å². The van der Waals surface area contributed by atoms with Crippen LogP contribution < -0.4 is 0 Å². The molecule has 0 saturated heterocycles. The second kappa shape index (κ2) is 4.48. The van der Waals surface area contributed by atoms with E-state index < -0.39 is 5.97 Å². The molecule has 1 aromatic rings. The van der Waals surface area contributed by atoms with Gasteiger partial charge >= 0.3 is 5.97 Å². The second-order valence-electron chi connectivity index (χ2n) is 2.69. The Morgan fingerprint density at radius 3 is 2.93 bits per heavy atom. The van der Waals surface area contributed by atoms with Crippen LogP contribution in [0.2, 0.25) is 0 Å². The topological polar surface area (TPSA) is 55.1 Å². The summed E-state index contributed by atoms with van der Waals surface area (Å²) in [5, 5.41) is 13.1. The van der Waals surface area contributed by atoms with Crippen molar-refractivity contribution in [2.45, 2.75) is 13.5 Å². The number of hydrogen-bond donors (Lipinski definition) is 1. The van der Waals surface area contributed by atoms with E-state index in [0.29, 0.717) is 10.6 Å². The van der Waals surface area contributed by atoms with Gasteiger partial charge in [0.05, 0.1) is 17.8 Å². The lowest BCUT2D eigenvalue weighted by Crippen LogP contribution is -2.11. The molecule has 6 heteroatoms. The fourth-order valence-corrected chi connectivity index (χ4v) is 1.24. The summed E-state index contributed by atoms with van der Waals surface area (Å²) in [5.74, 6) is -1.03. The minimum absolute atomic E-state index is 0.127. The molecule has 0 radical (unpaired) electrons. The molecule has 1 heterocycles. The van der Waals surface area contributed by atoms with Crippen LogP contribution in [0.3, 0.4) is 0 Å². The molecule has 4 nitrogen and oxygen atoms in total. The van der Waals surface area contributed by atoms with Crippen molar-refractivity contribution in [2.75, 3.05) is 0 Å². The van der Waals surface area contributed by atoms with Crippen LogP contribution in [0.4, 0.5) is 0 Å². The van der Waals surface area contributed by atoms with Crippen molar-refractivity contribution in [3.63, 3.8) is 0 Å². The zero-order valence-electron chi connectivity index (χ0n) is 7.37. The normalized spacial score (nSPS) is 11.8. The first-order valence-corrected chi connectivity index (χ1v) is 4.58. The highest BCUT2D eigenvalue weighted by Gasteiger charge is 2.14. The first-order valence-electron chi connectivity index (χ1n) is 3.76. The van der Waals surface area contributed by atoms with Gasteiger partial charge in [-0.1, -0.05) is 23.2 Å². The van der Waals surface area contributed by atoms with E-state index in [1.807, 2.05) is 0 Å². The standard InChI is InChI=1S/C8H8Cl2N2O2/c1-5-3-11-12(4-6(10)2-9)7(5)8(13)14/h2-3H,4H2,1H3,(H,13,14)/b6-2-. The van der Waals surface area contributed by atoms with Crippen LogP contribution in [-0.4, -0.2) is 20.9 Å². The van der Waals surface area contributed by atoms with E-state index in [1.165, 1.54) is 16.4 Å². The van der Waals surface area contributed by atoms with Gasteiger partial charge < -0.3 is 5.11 Å². The highest BCUT2D eigenvalue weighted by molar-refractivity contribution is 6.36. The van der Waals surface area contributed by atoms with Crippen molar-refractivity contribution in [3.05, 3.63) is 28.0 Å². The summed E-state index contributed by atoms with van der Waals surface area (Å²) in [6.45, 7) is 1.84. The van der Waals surface area contributed by atoms with Gasteiger partial charge in [-0.3, -0.25) is 4.68 Å². The number of rotatable bonds is 3. The average Bonchev–Trinajstić information content (AvgIpc) is 2.46. The van der Waals surface area contributed by atoms with Crippen molar-refractivity contribution in [2.24, 2.45) is 0 Å². The van der Waals surface area contributed by atoms with E-state index in [2.05, 4.69) is 5.10 Å². The van der Waals surface area contributed by atoms with Gasteiger partial charge in [-0.25, -0.2) is 4.79 Å². The van der Waals surface area contributed by atoms with Gasteiger partial charge in [0.1, 0.15) is 5.69 Å². The minimum Gasteiger partial charge on any atom is -0.477 e. The molecule has 0 atom stereocenters. The average molecular weight is 235 g/mol. The number of aromatic carboxylic acids is 1. The number of halogens is 2. The number of aromatic nitrogens is 2. The van der Waals surface area contributed by atoms with Gasteiger partial charge in [-0.05, 0) is 6.92 Å². The zero-order chi connectivity index (χ0) is 10.7. The number of allylic oxidation sites excluding steroid dienone is 1. The van der Waals surface area contributed by atoms with E-state index in [-0.39, 0.29) is 12.2 Å². The zero-order valence-corrected chi connectivity index (χ0v) is 8.88. The number of carboxylic acid groups (broad SMARTS) is 1. The first-order chi connectivity index (χ1) is 6.56. The van der Waals surface area contributed by atoms with Crippen LogP contribution in [0.25, 0.3) is 0 Å². The van der Waals surface area contributed by atoms with Gasteiger partial charge in [0.25, 0.3) is 0 Å². The number of aryl methyl sites for hydroxylation is 1. The summed E-state index contributed by atoms with van der Waals surface area (Å²) in [6.07, 6.45) is 1.47. The third kappa shape index (κ3) is 2.27. The summed E-state index contributed by atoms with van der Waals surface area (Å²) >= 11 is 11.0. The predicted octanol–water partition coefficient (Wildman–Crippen LogP) is 2.21. The summed E-state index contributed by atoms with van der Waals surface area (Å²) < 4.78 is 1.29. The van der Waals surface area contributed by atoms with Crippen LogP contribution in [0.15, 0.2) is 16.8 Å². The predicted molar refractivity (Wildman–Crippen MR) is 53.7 cm³/mol. The molecule has 0 unspecified atom stereocenters. The summed E-state index contributed by atoms with van der Waals surface area (Å²) in [5.41, 5.74) is 1.91. The molecule has 14 heavy (non-hydrogen) atoms. The molecular weight excluding hydrogens is 227 g/mol. The fraction of sp³-hybridized carbons (Fsp3) is 0.250. The second-order valence-corrected chi connectivity index (χ2v) is 3.40. The van der Waals surface area contributed by atoms with E-state index in [4.69, 9.17) is 28.3 Å². The number of nitrogens with zero attached hydrogens (tertiary/aromatic N) is 2. The number of carboxylic acids is 1. The quantitative estimate of drug-likeness (QED) is 0.873. The SMILES string of the molecule is Cc1cnn(C/C(Cl)=C/Cl)c1C(=O)O. The molecule has 1 rings (SSSR count). The molecule has 1 N–H and O–H groups in total. The molecule has 0 spiro atoms. The van der Waals surface area contributed by atoms with Crippen molar-refractivity contribution < 1.29 is 9.90 Å². The fourth-order valence-electron chi connectivity index (χ4n) is 1.06.